The molecular weight excluding hydrogens is 308 g/mol. The van der Waals surface area contributed by atoms with Crippen molar-refractivity contribution < 1.29 is 9.84 Å². The summed E-state index contributed by atoms with van der Waals surface area (Å²) in [6, 6.07) is 2.13. The normalized spacial score (nSPS) is 16.0. The zero-order chi connectivity index (χ0) is 14.8. The topological polar surface area (TPSA) is 47.3 Å². The van der Waals surface area contributed by atoms with Crippen LogP contribution in [-0.4, -0.2) is 28.6 Å². The van der Waals surface area contributed by atoms with E-state index in [4.69, 9.17) is 16.3 Å². The summed E-state index contributed by atoms with van der Waals surface area (Å²) in [7, 11) is 1.65. The Morgan fingerprint density at radius 1 is 1.48 bits per heavy atom. The highest BCUT2D eigenvalue weighted by molar-refractivity contribution is 7.12. The molecule has 1 N–H and O–H groups in total. The Balaban J connectivity index is 1.89. The Labute approximate surface area is 133 Å². The minimum absolute atomic E-state index is 0.505. The maximum absolute atomic E-state index is 10.7. The monoisotopic (exact) mass is 326 g/mol. The minimum atomic E-state index is -0.715. The van der Waals surface area contributed by atoms with Gasteiger partial charge in [0.1, 0.15) is 6.10 Å². The lowest BCUT2D eigenvalue weighted by Gasteiger charge is -2.12. The van der Waals surface area contributed by atoms with Gasteiger partial charge in [0.2, 0.25) is 0 Å². The summed E-state index contributed by atoms with van der Waals surface area (Å²) in [6.45, 7) is 1.12. The highest BCUT2D eigenvalue weighted by Gasteiger charge is 2.24. The number of ether oxygens (including phenoxy) is 1. The molecule has 0 aliphatic heterocycles. The van der Waals surface area contributed by atoms with Crippen LogP contribution in [0.25, 0.3) is 0 Å². The van der Waals surface area contributed by atoms with E-state index in [0.717, 1.165) is 17.7 Å². The Morgan fingerprint density at radius 2 is 2.29 bits per heavy atom. The van der Waals surface area contributed by atoms with E-state index in [1.807, 2.05) is 0 Å². The van der Waals surface area contributed by atoms with E-state index in [1.165, 1.54) is 23.3 Å². The lowest BCUT2D eigenvalue weighted by Crippen LogP contribution is -2.13. The molecule has 0 radical (unpaired) electrons. The van der Waals surface area contributed by atoms with Crippen LogP contribution in [0.5, 0.6) is 0 Å². The highest BCUT2D eigenvalue weighted by Crippen LogP contribution is 2.37. The summed E-state index contributed by atoms with van der Waals surface area (Å²) in [5.74, 6) is 0. The van der Waals surface area contributed by atoms with Crippen LogP contribution >= 0.6 is 22.9 Å². The Morgan fingerprint density at radius 3 is 3.05 bits per heavy atom. The van der Waals surface area contributed by atoms with Gasteiger partial charge in [-0.15, -0.1) is 11.3 Å². The number of aliphatic hydroxyl groups excluding tert-OH is 1. The van der Waals surface area contributed by atoms with Crippen LogP contribution in [0.2, 0.25) is 5.02 Å². The van der Waals surface area contributed by atoms with Crippen LogP contribution in [0.15, 0.2) is 12.3 Å². The summed E-state index contributed by atoms with van der Waals surface area (Å²) in [5.41, 5.74) is 2.05. The molecule has 1 atom stereocenters. The molecule has 4 nitrogen and oxygen atoms in total. The van der Waals surface area contributed by atoms with Crippen molar-refractivity contribution in [2.24, 2.45) is 0 Å². The highest BCUT2D eigenvalue weighted by atomic mass is 35.5. The fraction of sp³-hybridized carbons (Fsp3) is 0.533. The zero-order valence-corrected chi connectivity index (χ0v) is 13.6. The fourth-order valence-electron chi connectivity index (χ4n) is 2.78. The number of methoxy groups -OCH3 is 1. The number of rotatable bonds is 5. The van der Waals surface area contributed by atoms with Crippen molar-refractivity contribution in [3.8, 4) is 0 Å². The number of hydrogen-bond acceptors (Lipinski definition) is 4. The number of aryl methyl sites for hydroxylation is 2. The molecule has 0 saturated carbocycles. The second-order valence-corrected chi connectivity index (χ2v) is 6.88. The second kappa shape index (κ2) is 6.48. The molecule has 0 aromatic carbocycles. The van der Waals surface area contributed by atoms with E-state index in [0.29, 0.717) is 23.9 Å². The third-order valence-electron chi connectivity index (χ3n) is 3.88. The molecule has 114 valence electrons. The first kappa shape index (κ1) is 15.0. The van der Waals surface area contributed by atoms with Crippen molar-refractivity contribution in [1.29, 1.82) is 0 Å². The van der Waals surface area contributed by atoms with Crippen LogP contribution in [0.1, 0.15) is 40.0 Å². The number of nitrogens with zero attached hydrogens (tertiary/aromatic N) is 2. The largest absolute Gasteiger partial charge is 0.383 e. The smallest absolute Gasteiger partial charge is 0.131 e. The summed E-state index contributed by atoms with van der Waals surface area (Å²) >= 11 is 7.92. The van der Waals surface area contributed by atoms with Gasteiger partial charge in [-0.25, -0.2) is 0 Å². The lowest BCUT2D eigenvalue weighted by molar-refractivity contribution is 0.172. The molecule has 6 heteroatoms. The van der Waals surface area contributed by atoms with Crippen molar-refractivity contribution in [2.45, 2.75) is 38.3 Å². The number of aliphatic hydroxyl groups is 1. The van der Waals surface area contributed by atoms with Gasteiger partial charge in [-0.2, -0.15) is 5.10 Å². The molecule has 0 spiro atoms. The SMILES string of the molecule is COCCn1ncc(Cl)c1C(O)c1cc2c(s1)CCCC2. The van der Waals surface area contributed by atoms with Crippen molar-refractivity contribution in [1.82, 2.24) is 9.78 Å². The Bertz CT molecular complexity index is 600. The molecule has 3 rings (SSSR count). The van der Waals surface area contributed by atoms with E-state index >= 15 is 0 Å². The van der Waals surface area contributed by atoms with E-state index in [9.17, 15) is 5.11 Å². The van der Waals surface area contributed by atoms with Crippen LogP contribution < -0.4 is 0 Å². The molecule has 1 aliphatic rings. The predicted octanol–water partition coefficient (Wildman–Crippen LogP) is 3.20. The molecule has 2 heterocycles. The van der Waals surface area contributed by atoms with Crippen LogP contribution in [0.4, 0.5) is 0 Å². The maximum Gasteiger partial charge on any atom is 0.131 e. The van der Waals surface area contributed by atoms with Crippen LogP contribution in [0, 0.1) is 0 Å². The molecule has 21 heavy (non-hydrogen) atoms. The average molecular weight is 327 g/mol. The van der Waals surface area contributed by atoms with Crippen molar-refractivity contribution in [3.05, 3.63) is 38.3 Å². The van der Waals surface area contributed by atoms with Crippen molar-refractivity contribution in [3.63, 3.8) is 0 Å². The number of fused-ring (bicyclic) bond motifs is 1. The number of thiophene rings is 1. The summed E-state index contributed by atoms with van der Waals surface area (Å²) in [5, 5.41) is 15.5. The van der Waals surface area contributed by atoms with Gasteiger partial charge >= 0.3 is 0 Å². The standard InChI is InChI=1S/C15H19ClN2O2S/c1-20-7-6-18-14(11(16)9-17-18)15(19)13-8-10-4-2-3-5-12(10)21-13/h8-9,15,19H,2-7H2,1H3. The van der Waals surface area contributed by atoms with Gasteiger partial charge in [-0.05, 0) is 37.3 Å². The fourth-order valence-corrected chi connectivity index (χ4v) is 4.27. The lowest BCUT2D eigenvalue weighted by atomic mass is 9.99. The Hall–Kier alpha value is -0.880. The van der Waals surface area contributed by atoms with Gasteiger partial charge < -0.3 is 9.84 Å². The third-order valence-corrected chi connectivity index (χ3v) is 5.47. The van der Waals surface area contributed by atoms with Gasteiger partial charge in [-0.3, -0.25) is 4.68 Å². The molecule has 2 aromatic heterocycles. The zero-order valence-electron chi connectivity index (χ0n) is 12.0. The Kier molecular flexibility index (Phi) is 4.64. The van der Waals surface area contributed by atoms with Gasteiger partial charge in [0.05, 0.1) is 30.1 Å². The molecule has 1 aliphatic carbocycles. The summed E-state index contributed by atoms with van der Waals surface area (Å²) in [4.78, 5) is 2.37. The molecule has 0 amide bonds. The number of halogens is 1. The minimum Gasteiger partial charge on any atom is -0.383 e. The van der Waals surface area contributed by atoms with Crippen LogP contribution in [-0.2, 0) is 24.1 Å². The summed E-state index contributed by atoms with van der Waals surface area (Å²) < 4.78 is 6.81. The van der Waals surface area contributed by atoms with E-state index < -0.39 is 6.10 Å². The third kappa shape index (κ3) is 3.01. The number of hydrogen-bond donors (Lipinski definition) is 1. The molecule has 2 aromatic rings. The molecular formula is C15H19ClN2O2S. The van der Waals surface area contributed by atoms with Gasteiger partial charge in [0, 0.05) is 16.9 Å². The first-order valence-electron chi connectivity index (χ1n) is 7.20. The number of aromatic nitrogens is 2. The quantitative estimate of drug-likeness (QED) is 0.917. The maximum atomic E-state index is 10.7. The van der Waals surface area contributed by atoms with E-state index in [1.54, 1.807) is 29.3 Å². The van der Waals surface area contributed by atoms with Gasteiger partial charge in [-0.1, -0.05) is 11.6 Å². The van der Waals surface area contributed by atoms with E-state index in [-0.39, 0.29) is 0 Å². The molecule has 0 bridgehead atoms. The first-order valence-corrected chi connectivity index (χ1v) is 8.40. The molecule has 1 unspecified atom stereocenters. The molecule has 0 fully saturated rings. The van der Waals surface area contributed by atoms with Crippen molar-refractivity contribution in [2.75, 3.05) is 13.7 Å². The molecule has 0 saturated heterocycles. The first-order chi connectivity index (χ1) is 10.2. The average Bonchev–Trinajstić information content (AvgIpc) is 3.08. The van der Waals surface area contributed by atoms with Gasteiger partial charge in [0.25, 0.3) is 0 Å². The van der Waals surface area contributed by atoms with Gasteiger partial charge in [0.15, 0.2) is 0 Å². The predicted molar refractivity (Wildman–Crippen MR) is 84.1 cm³/mol. The second-order valence-electron chi connectivity index (χ2n) is 5.30. The summed E-state index contributed by atoms with van der Waals surface area (Å²) in [6.07, 6.45) is 5.61. The van der Waals surface area contributed by atoms with Crippen LogP contribution in [0.3, 0.4) is 0 Å². The van der Waals surface area contributed by atoms with E-state index in [2.05, 4.69) is 11.2 Å². The van der Waals surface area contributed by atoms with Crippen molar-refractivity contribution >= 4 is 22.9 Å².